The van der Waals surface area contributed by atoms with Crippen molar-refractivity contribution in [2.45, 2.75) is 24.3 Å². The Balaban J connectivity index is 2.15. The van der Waals surface area contributed by atoms with Gasteiger partial charge in [0, 0.05) is 21.8 Å². The molecule has 0 fully saturated rings. The summed E-state index contributed by atoms with van der Waals surface area (Å²) in [6.45, 7) is 3.55. The van der Waals surface area contributed by atoms with E-state index in [9.17, 15) is 9.59 Å². The Hall–Kier alpha value is -1.40. The van der Waals surface area contributed by atoms with E-state index in [0.29, 0.717) is 16.4 Å². The van der Waals surface area contributed by atoms with Crippen molar-refractivity contribution in [1.29, 1.82) is 0 Å². The lowest BCUT2D eigenvalue weighted by Crippen LogP contribution is -2.16. The van der Waals surface area contributed by atoms with Gasteiger partial charge in [-0.05, 0) is 26.0 Å². The van der Waals surface area contributed by atoms with Gasteiger partial charge in [0.15, 0.2) is 10.9 Å². The van der Waals surface area contributed by atoms with Crippen LogP contribution in [0.4, 0.5) is 0 Å². The molecule has 0 saturated heterocycles. The molecular formula is C14H13BrN2O2S. The number of H-pyrrole nitrogens is 1. The van der Waals surface area contributed by atoms with Crippen molar-refractivity contribution in [3.63, 3.8) is 0 Å². The Morgan fingerprint density at radius 2 is 2.00 bits per heavy atom. The Morgan fingerprint density at radius 1 is 1.35 bits per heavy atom. The first-order chi connectivity index (χ1) is 9.45. The maximum atomic E-state index is 12.3. The summed E-state index contributed by atoms with van der Waals surface area (Å²) < 4.78 is 0.930. The quantitative estimate of drug-likeness (QED) is 0.521. The summed E-state index contributed by atoms with van der Waals surface area (Å²) in [6.07, 6.45) is 0. The summed E-state index contributed by atoms with van der Waals surface area (Å²) >= 11 is 4.59. The third-order valence-corrected chi connectivity index (χ3v) is 4.15. The first-order valence-electron chi connectivity index (χ1n) is 6.00. The van der Waals surface area contributed by atoms with Gasteiger partial charge in [-0.25, -0.2) is 4.98 Å². The second-order valence-electron chi connectivity index (χ2n) is 4.32. The average molecular weight is 353 g/mol. The number of hydrogen-bond acceptors (Lipinski definition) is 4. The molecule has 0 aliphatic carbocycles. The maximum Gasteiger partial charge on any atom is 0.251 e. The van der Waals surface area contributed by atoms with Gasteiger partial charge in [-0.1, -0.05) is 39.8 Å². The van der Waals surface area contributed by atoms with Crippen LogP contribution in [0.5, 0.6) is 0 Å². The number of aromatic nitrogens is 2. The number of carbonyl (C=O) groups excluding carboxylic acids is 1. The van der Waals surface area contributed by atoms with Crippen LogP contribution in [0.2, 0.25) is 0 Å². The number of halogens is 1. The molecule has 2 aromatic rings. The Labute approximate surface area is 129 Å². The van der Waals surface area contributed by atoms with E-state index in [1.54, 1.807) is 26.0 Å². The van der Waals surface area contributed by atoms with Gasteiger partial charge in [0.2, 0.25) is 0 Å². The minimum Gasteiger partial charge on any atom is -0.301 e. The number of benzene rings is 1. The number of hydrogen-bond donors (Lipinski definition) is 1. The number of rotatable bonds is 4. The summed E-state index contributed by atoms with van der Waals surface area (Å²) in [5, 5.41) is 0.147. The molecule has 0 saturated carbocycles. The van der Waals surface area contributed by atoms with Crippen LogP contribution in [-0.2, 0) is 0 Å². The molecule has 2 rings (SSSR count). The molecule has 1 atom stereocenters. The second kappa shape index (κ2) is 6.37. The fourth-order valence-electron chi connectivity index (χ4n) is 1.68. The Morgan fingerprint density at radius 3 is 2.60 bits per heavy atom. The molecule has 104 valence electrons. The van der Waals surface area contributed by atoms with Crippen LogP contribution in [0.15, 0.2) is 44.8 Å². The minimum atomic E-state index is -0.318. The molecule has 0 bridgehead atoms. The number of nitrogens with zero attached hydrogens (tertiary/aromatic N) is 1. The first kappa shape index (κ1) is 15.0. The molecule has 1 N–H and O–H groups in total. The molecule has 0 aliphatic heterocycles. The molecule has 1 aromatic carbocycles. The third kappa shape index (κ3) is 3.80. The second-order valence-corrected chi connectivity index (χ2v) is 6.57. The predicted molar refractivity (Wildman–Crippen MR) is 83.4 cm³/mol. The molecule has 4 nitrogen and oxygen atoms in total. The van der Waals surface area contributed by atoms with Crippen LogP contribution in [0, 0.1) is 6.92 Å². The van der Waals surface area contributed by atoms with E-state index in [2.05, 4.69) is 25.9 Å². The van der Waals surface area contributed by atoms with E-state index in [1.807, 2.05) is 12.1 Å². The van der Waals surface area contributed by atoms with Crippen LogP contribution in [-0.4, -0.2) is 21.0 Å². The Bertz CT molecular complexity index is 682. The maximum absolute atomic E-state index is 12.3. The van der Waals surface area contributed by atoms with Crippen LogP contribution >= 0.6 is 27.7 Å². The molecule has 1 aromatic heterocycles. The lowest BCUT2D eigenvalue weighted by molar-refractivity contribution is 0.0994. The molecule has 0 aliphatic rings. The van der Waals surface area contributed by atoms with Gasteiger partial charge in [0.25, 0.3) is 5.56 Å². The summed E-state index contributed by atoms with van der Waals surface area (Å²) in [5.41, 5.74) is 1.08. The SMILES string of the molecule is Cc1cc(=O)[nH]c(SC(C)C(=O)c2ccc(Br)cc2)n1. The third-order valence-electron chi connectivity index (χ3n) is 2.63. The van der Waals surface area contributed by atoms with Crippen molar-refractivity contribution in [2.24, 2.45) is 0 Å². The number of Topliss-reactive ketones (excluding diaryl/α,β-unsaturated/α-hetero) is 1. The van der Waals surface area contributed by atoms with Crippen LogP contribution < -0.4 is 5.56 Å². The molecule has 1 unspecified atom stereocenters. The minimum absolute atomic E-state index is 0.00616. The largest absolute Gasteiger partial charge is 0.301 e. The fourth-order valence-corrected chi connectivity index (χ4v) is 2.88. The fraction of sp³-hybridized carbons (Fsp3) is 0.214. The van der Waals surface area contributed by atoms with Gasteiger partial charge in [-0.2, -0.15) is 0 Å². The number of nitrogens with one attached hydrogen (secondary N) is 1. The highest BCUT2D eigenvalue weighted by molar-refractivity contribution is 9.10. The van der Waals surface area contributed by atoms with Crippen LogP contribution in [0.25, 0.3) is 0 Å². The van der Waals surface area contributed by atoms with E-state index in [4.69, 9.17) is 0 Å². The molecule has 20 heavy (non-hydrogen) atoms. The number of carbonyl (C=O) groups is 1. The molecule has 6 heteroatoms. The zero-order valence-corrected chi connectivity index (χ0v) is 13.4. The van der Waals surface area contributed by atoms with Crippen molar-refractivity contribution in [3.8, 4) is 0 Å². The number of aromatic amines is 1. The van der Waals surface area contributed by atoms with Gasteiger partial charge < -0.3 is 4.98 Å². The highest BCUT2D eigenvalue weighted by Crippen LogP contribution is 2.22. The van der Waals surface area contributed by atoms with Crippen molar-refractivity contribution < 1.29 is 4.79 Å². The van der Waals surface area contributed by atoms with E-state index < -0.39 is 0 Å². The summed E-state index contributed by atoms with van der Waals surface area (Å²) in [6, 6.07) is 8.63. The van der Waals surface area contributed by atoms with Crippen LogP contribution in [0.3, 0.4) is 0 Å². The predicted octanol–water partition coefficient (Wildman–Crippen LogP) is 3.20. The zero-order chi connectivity index (χ0) is 14.7. The number of ketones is 1. The van der Waals surface area contributed by atoms with Gasteiger partial charge in [-0.15, -0.1) is 0 Å². The van der Waals surface area contributed by atoms with E-state index in [1.165, 1.54) is 17.8 Å². The molecular weight excluding hydrogens is 340 g/mol. The summed E-state index contributed by atoms with van der Waals surface area (Å²) in [7, 11) is 0. The van der Waals surface area contributed by atoms with Crippen LogP contribution in [0.1, 0.15) is 23.0 Å². The standard InChI is InChI=1S/C14H13BrN2O2S/c1-8-7-12(18)17-14(16-8)20-9(2)13(19)10-3-5-11(15)6-4-10/h3-7,9H,1-2H3,(H,16,17,18). The number of aryl methyl sites for hydroxylation is 1. The molecule has 0 radical (unpaired) electrons. The lowest BCUT2D eigenvalue weighted by atomic mass is 10.1. The lowest BCUT2D eigenvalue weighted by Gasteiger charge is -2.09. The van der Waals surface area contributed by atoms with Crippen molar-refractivity contribution in [1.82, 2.24) is 9.97 Å². The highest BCUT2D eigenvalue weighted by Gasteiger charge is 2.17. The van der Waals surface area contributed by atoms with Crippen molar-refractivity contribution in [3.05, 3.63) is 56.4 Å². The van der Waals surface area contributed by atoms with E-state index in [-0.39, 0.29) is 16.6 Å². The number of thioether (sulfide) groups is 1. The first-order valence-corrected chi connectivity index (χ1v) is 7.67. The Kier molecular flexibility index (Phi) is 4.77. The molecule has 0 amide bonds. The molecule has 1 heterocycles. The van der Waals surface area contributed by atoms with Crippen molar-refractivity contribution in [2.75, 3.05) is 0 Å². The van der Waals surface area contributed by atoms with Gasteiger partial charge in [-0.3, -0.25) is 9.59 Å². The van der Waals surface area contributed by atoms with Gasteiger partial charge in [0.1, 0.15) is 0 Å². The van der Waals surface area contributed by atoms with Gasteiger partial charge >= 0.3 is 0 Å². The summed E-state index contributed by atoms with van der Waals surface area (Å²) in [5.74, 6) is 0.00616. The normalized spacial score (nSPS) is 12.2. The molecule has 0 spiro atoms. The topological polar surface area (TPSA) is 62.8 Å². The average Bonchev–Trinajstić information content (AvgIpc) is 2.37. The zero-order valence-electron chi connectivity index (χ0n) is 11.0. The summed E-state index contributed by atoms with van der Waals surface area (Å²) in [4.78, 5) is 30.5. The van der Waals surface area contributed by atoms with E-state index in [0.717, 1.165) is 4.47 Å². The van der Waals surface area contributed by atoms with Gasteiger partial charge in [0.05, 0.1) is 5.25 Å². The smallest absolute Gasteiger partial charge is 0.251 e. The van der Waals surface area contributed by atoms with E-state index >= 15 is 0 Å². The highest BCUT2D eigenvalue weighted by atomic mass is 79.9. The monoisotopic (exact) mass is 352 g/mol. The van der Waals surface area contributed by atoms with Crippen molar-refractivity contribution >= 4 is 33.5 Å².